The van der Waals surface area contributed by atoms with Gasteiger partial charge >= 0.3 is 5.97 Å². The molecule has 0 saturated carbocycles. The minimum atomic E-state index is -0.457. The maximum Gasteiger partial charge on any atom is 0.323 e. The normalized spacial score (nSPS) is 14.2. The monoisotopic (exact) mass is 209 g/mol. The number of esters is 1. The van der Waals surface area contributed by atoms with Gasteiger partial charge in [-0.05, 0) is 12.3 Å². The van der Waals surface area contributed by atoms with Gasteiger partial charge in [0.2, 0.25) is 0 Å². The SMILES string of the molecule is CCCOC(=O)[C@@H](N)[C@@H](C)CC.Cl. The third-order valence-corrected chi connectivity index (χ3v) is 1.98. The Balaban J connectivity index is 0. The van der Waals surface area contributed by atoms with Crippen molar-refractivity contribution >= 4 is 18.4 Å². The van der Waals surface area contributed by atoms with Gasteiger partial charge in [-0.15, -0.1) is 12.4 Å². The Morgan fingerprint density at radius 3 is 2.38 bits per heavy atom. The van der Waals surface area contributed by atoms with Gasteiger partial charge in [0.1, 0.15) is 6.04 Å². The van der Waals surface area contributed by atoms with Crippen molar-refractivity contribution < 1.29 is 9.53 Å². The highest BCUT2D eigenvalue weighted by atomic mass is 35.5. The molecule has 2 atom stereocenters. The van der Waals surface area contributed by atoms with Crippen molar-refractivity contribution in [2.24, 2.45) is 11.7 Å². The summed E-state index contributed by atoms with van der Waals surface area (Å²) in [5, 5.41) is 0. The molecule has 2 N–H and O–H groups in total. The van der Waals surface area contributed by atoms with Gasteiger partial charge in [-0.2, -0.15) is 0 Å². The van der Waals surface area contributed by atoms with Gasteiger partial charge in [0.15, 0.2) is 0 Å². The summed E-state index contributed by atoms with van der Waals surface area (Å²) in [6.45, 7) is 6.40. The van der Waals surface area contributed by atoms with Crippen molar-refractivity contribution in [2.75, 3.05) is 6.61 Å². The maximum atomic E-state index is 11.2. The van der Waals surface area contributed by atoms with Crippen LogP contribution in [0.2, 0.25) is 0 Å². The van der Waals surface area contributed by atoms with E-state index in [0.29, 0.717) is 6.61 Å². The van der Waals surface area contributed by atoms with E-state index in [9.17, 15) is 4.79 Å². The van der Waals surface area contributed by atoms with Crippen molar-refractivity contribution in [3.8, 4) is 0 Å². The van der Waals surface area contributed by atoms with Crippen LogP contribution in [0.5, 0.6) is 0 Å². The van der Waals surface area contributed by atoms with Crippen LogP contribution in [0, 0.1) is 5.92 Å². The van der Waals surface area contributed by atoms with Crippen LogP contribution >= 0.6 is 12.4 Å². The third-order valence-electron chi connectivity index (χ3n) is 1.98. The Hall–Kier alpha value is -0.280. The zero-order valence-corrected chi connectivity index (χ0v) is 9.39. The van der Waals surface area contributed by atoms with Gasteiger partial charge in [-0.1, -0.05) is 27.2 Å². The van der Waals surface area contributed by atoms with E-state index < -0.39 is 6.04 Å². The molecule has 0 rings (SSSR count). The maximum absolute atomic E-state index is 11.2. The summed E-state index contributed by atoms with van der Waals surface area (Å²) in [6.07, 6.45) is 1.75. The van der Waals surface area contributed by atoms with E-state index in [-0.39, 0.29) is 24.3 Å². The standard InChI is InChI=1S/C9H19NO2.ClH/c1-4-6-12-9(11)8(10)7(3)5-2;/h7-8H,4-6,10H2,1-3H3;1H/t7-,8-;/m0./s1. The Labute approximate surface area is 86.4 Å². The van der Waals surface area contributed by atoms with Gasteiger partial charge in [-0.3, -0.25) is 4.79 Å². The first-order valence-corrected chi connectivity index (χ1v) is 4.55. The fourth-order valence-corrected chi connectivity index (χ4v) is 0.785. The van der Waals surface area contributed by atoms with Gasteiger partial charge in [0.05, 0.1) is 6.61 Å². The highest BCUT2D eigenvalue weighted by molar-refractivity contribution is 5.85. The molecule has 0 aliphatic heterocycles. The van der Waals surface area contributed by atoms with Gasteiger partial charge in [0, 0.05) is 0 Å². The Morgan fingerprint density at radius 2 is 2.00 bits per heavy atom. The minimum absolute atomic E-state index is 0. The molecule has 0 aliphatic rings. The van der Waals surface area contributed by atoms with Crippen molar-refractivity contribution in [1.82, 2.24) is 0 Å². The van der Waals surface area contributed by atoms with Crippen LogP contribution in [0.25, 0.3) is 0 Å². The molecular weight excluding hydrogens is 190 g/mol. The molecule has 4 heteroatoms. The molecule has 0 bridgehead atoms. The number of hydrogen-bond acceptors (Lipinski definition) is 3. The molecule has 3 nitrogen and oxygen atoms in total. The summed E-state index contributed by atoms with van der Waals surface area (Å²) in [5.74, 6) is -0.0689. The molecule has 0 spiro atoms. The molecule has 0 heterocycles. The molecule has 0 aliphatic carbocycles. The number of hydrogen-bond donors (Lipinski definition) is 1. The number of halogens is 1. The second-order valence-electron chi connectivity index (χ2n) is 3.08. The molecule has 0 aromatic rings. The van der Waals surface area contributed by atoms with E-state index in [0.717, 1.165) is 12.8 Å². The second kappa shape index (κ2) is 8.32. The van der Waals surface area contributed by atoms with E-state index in [4.69, 9.17) is 10.5 Å². The zero-order chi connectivity index (χ0) is 9.56. The van der Waals surface area contributed by atoms with Crippen LogP contribution in [0.4, 0.5) is 0 Å². The molecule has 0 radical (unpaired) electrons. The van der Waals surface area contributed by atoms with E-state index in [1.54, 1.807) is 0 Å². The molecule has 0 unspecified atom stereocenters. The first-order chi connectivity index (χ1) is 5.63. The van der Waals surface area contributed by atoms with Crippen LogP contribution < -0.4 is 5.73 Å². The van der Waals surface area contributed by atoms with Crippen LogP contribution in [-0.4, -0.2) is 18.6 Å². The van der Waals surface area contributed by atoms with Crippen LogP contribution in [0.1, 0.15) is 33.6 Å². The molecule has 0 aromatic carbocycles. The van der Waals surface area contributed by atoms with Gasteiger partial charge in [-0.25, -0.2) is 0 Å². The summed E-state index contributed by atoms with van der Waals surface area (Å²) >= 11 is 0. The van der Waals surface area contributed by atoms with Crippen molar-refractivity contribution in [1.29, 1.82) is 0 Å². The summed E-state index contributed by atoms with van der Waals surface area (Å²) < 4.78 is 4.91. The molecule has 0 fully saturated rings. The third kappa shape index (κ3) is 5.88. The molecule has 0 saturated heterocycles. The fraction of sp³-hybridized carbons (Fsp3) is 0.889. The molecule has 80 valence electrons. The van der Waals surface area contributed by atoms with Crippen molar-refractivity contribution in [2.45, 2.75) is 39.7 Å². The topological polar surface area (TPSA) is 52.3 Å². The molecule has 0 amide bonds. The number of carbonyl (C=O) groups excluding carboxylic acids is 1. The van der Waals surface area contributed by atoms with Crippen LogP contribution in [0.15, 0.2) is 0 Å². The highest BCUT2D eigenvalue weighted by Gasteiger charge is 2.20. The first-order valence-electron chi connectivity index (χ1n) is 4.55. The molecule has 13 heavy (non-hydrogen) atoms. The largest absolute Gasteiger partial charge is 0.465 e. The summed E-state index contributed by atoms with van der Waals surface area (Å²) in [5.41, 5.74) is 5.64. The van der Waals surface area contributed by atoms with E-state index in [1.807, 2.05) is 20.8 Å². The Morgan fingerprint density at radius 1 is 1.46 bits per heavy atom. The van der Waals surface area contributed by atoms with E-state index in [2.05, 4.69) is 0 Å². The second-order valence-corrected chi connectivity index (χ2v) is 3.08. The Kier molecular flexibility index (Phi) is 9.74. The fourth-order valence-electron chi connectivity index (χ4n) is 0.785. The lowest BCUT2D eigenvalue weighted by Gasteiger charge is -2.16. The lowest BCUT2D eigenvalue weighted by atomic mass is 10.0. The predicted molar refractivity (Wildman–Crippen MR) is 55.9 cm³/mol. The number of rotatable bonds is 5. The number of nitrogens with two attached hydrogens (primary N) is 1. The molecule has 0 aromatic heterocycles. The number of ether oxygens (including phenoxy) is 1. The quantitative estimate of drug-likeness (QED) is 0.702. The van der Waals surface area contributed by atoms with Gasteiger partial charge in [0.25, 0.3) is 0 Å². The van der Waals surface area contributed by atoms with Crippen molar-refractivity contribution in [3.05, 3.63) is 0 Å². The molecular formula is C9H20ClNO2. The smallest absolute Gasteiger partial charge is 0.323 e. The zero-order valence-electron chi connectivity index (χ0n) is 8.58. The lowest BCUT2D eigenvalue weighted by Crippen LogP contribution is -2.38. The minimum Gasteiger partial charge on any atom is -0.465 e. The lowest BCUT2D eigenvalue weighted by molar-refractivity contribution is -0.146. The summed E-state index contributed by atoms with van der Waals surface area (Å²) in [7, 11) is 0. The summed E-state index contributed by atoms with van der Waals surface area (Å²) in [6, 6.07) is -0.457. The van der Waals surface area contributed by atoms with Crippen LogP contribution in [-0.2, 0) is 9.53 Å². The van der Waals surface area contributed by atoms with E-state index >= 15 is 0 Å². The Bertz CT molecular complexity index is 142. The first kappa shape index (κ1) is 15.2. The van der Waals surface area contributed by atoms with E-state index in [1.165, 1.54) is 0 Å². The van der Waals surface area contributed by atoms with Crippen molar-refractivity contribution in [3.63, 3.8) is 0 Å². The average molecular weight is 210 g/mol. The number of carbonyl (C=O) groups is 1. The summed E-state index contributed by atoms with van der Waals surface area (Å²) in [4.78, 5) is 11.2. The predicted octanol–water partition coefficient (Wildman–Crippen LogP) is 1.73. The highest BCUT2D eigenvalue weighted by Crippen LogP contribution is 2.06. The van der Waals surface area contributed by atoms with Crippen LogP contribution in [0.3, 0.4) is 0 Å². The average Bonchev–Trinajstić information content (AvgIpc) is 2.11. The van der Waals surface area contributed by atoms with Gasteiger partial charge < -0.3 is 10.5 Å².